The van der Waals surface area contributed by atoms with Crippen LogP contribution in [0.25, 0.3) is 11.1 Å². The van der Waals surface area contributed by atoms with E-state index < -0.39 is 0 Å². The maximum absolute atomic E-state index is 13.1. The second-order valence-corrected chi connectivity index (χ2v) is 8.03. The number of benzene rings is 2. The first-order valence-electron chi connectivity index (χ1n) is 9.71. The van der Waals surface area contributed by atoms with Crippen LogP contribution in [0.4, 0.5) is 10.1 Å². The van der Waals surface area contributed by atoms with Gasteiger partial charge in [0.2, 0.25) is 0 Å². The second kappa shape index (κ2) is 9.12. The van der Waals surface area contributed by atoms with Crippen LogP contribution in [0.5, 0.6) is 0 Å². The maximum atomic E-state index is 13.1. The molecular formula is C23H22Cl2FN3. The third kappa shape index (κ3) is 4.89. The van der Waals surface area contributed by atoms with Gasteiger partial charge in [0.15, 0.2) is 0 Å². The first-order valence-corrected chi connectivity index (χ1v) is 10.5. The van der Waals surface area contributed by atoms with E-state index in [-0.39, 0.29) is 5.82 Å². The molecule has 29 heavy (non-hydrogen) atoms. The van der Waals surface area contributed by atoms with Gasteiger partial charge in [-0.3, -0.25) is 9.88 Å². The van der Waals surface area contributed by atoms with Crippen LogP contribution in [-0.4, -0.2) is 42.6 Å². The first kappa shape index (κ1) is 20.1. The Hall–Kier alpha value is -2.14. The summed E-state index contributed by atoms with van der Waals surface area (Å²) in [5.41, 5.74) is 4.19. The van der Waals surface area contributed by atoms with Crippen LogP contribution < -0.4 is 4.90 Å². The highest BCUT2D eigenvalue weighted by Crippen LogP contribution is 2.32. The van der Waals surface area contributed by atoms with Crippen molar-refractivity contribution in [1.82, 2.24) is 9.88 Å². The Morgan fingerprint density at radius 1 is 0.897 bits per heavy atom. The van der Waals surface area contributed by atoms with Crippen LogP contribution in [0.2, 0.25) is 10.0 Å². The number of halogens is 3. The quantitative estimate of drug-likeness (QED) is 0.529. The number of rotatable bonds is 5. The molecule has 2 heterocycles. The van der Waals surface area contributed by atoms with E-state index in [4.69, 9.17) is 23.2 Å². The summed E-state index contributed by atoms with van der Waals surface area (Å²) in [7, 11) is 0. The van der Waals surface area contributed by atoms with Gasteiger partial charge in [-0.25, -0.2) is 4.39 Å². The molecule has 0 unspecified atom stereocenters. The Bertz CT molecular complexity index is 970. The number of aromatic nitrogens is 1. The molecule has 150 valence electrons. The SMILES string of the molecule is Fc1ccc(-c2cncc(CCN3CCN(c4cccc(Cl)c4Cl)CC3)c2)cc1. The minimum atomic E-state index is -0.226. The highest BCUT2D eigenvalue weighted by Gasteiger charge is 2.19. The van der Waals surface area contributed by atoms with Crippen LogP contribution in [0.3, 0.4) is 0 Å². The van der Waals surface area contributed by atoms with Crippen molar-refractivity contribution >= 4 is 28.9 Å². The molecule has 1 fully saturated rings. The molecule has 1 aliphatic heterocycles. The number of nitrogens with zero attached hydrogens (tertiary/aromatic N) is 3. The molecular weight excluding hydrogens is 408 g/mol. The Morgan fingerprint density at radius 2 is 1.66 bits per heavy atom. The fourth-order valence-corrected chi connectivity index (χ4v) is 4.08. The predicted molar refractivity (Wildman–Crippen MR) is 118 cm³/mol. The van der Waals surface area contributed by atoms with Gasteiger partial charge in [-0.1, -0.05) is 41.4 Å². The maximum Gasteiger partial charge on any atom is 0.123 e. The van der Waals surface area contributed by atoms with E-state index in [0.29, 0.717) is 10.0 Å². The molecule has 1 aliphatic rings. The lowest BCUT2D eigenvalue weighted by atomic mass is 10.0. The minimum Gasteiger partial charge on any atom is -0.368 e. The molecule has 0 aliphatic carbocycles. The molecule has 0 radical (unpaired) electrons. The van der Waals surface area contributed by atoms with E-state index in [0.717, 1.165) is 56.0 Å². The van der Waals surface area contributed by atoms with Gasteiger partial charge in [-0.15, -0.1) is 0 Å². The van der Waals surface area contributed by atoms with Gasteiger partial charge in [-0.2, -0.15) is 0 Å². The topological polar surface area (TPSA) is 19.4 Å². The lowest BCUT2D eigenvalue weighted by Crippen LogP contribution is -2.47. The molecule has 6 heteroatoms. The first-order chi connectivity index (χ1) is 14.1. The monoisotopic (exact) mass is 429 g/mol. The van der Waals surface area contributed by atoms with Gasteiger partial charge in [-0.05, 0) is 47.9 Å². The lowest BCUT2D eigenvalue weighted by molar-refractivity contribution is 0.261. The molecule has 3 aromatic rings. The number of hydrogen-bond donors (Lipinski definition) is 0. The van der Waals surface area contributed by atoms with E-state index in [2.05, 4.69) is 20.9 Å². The van der Waals surface area contributed by atoms with E-state index in [1.54, 1.807) is 12.1 Å². The van der Waals surface area contributed by atoms with Gasteiger partial charge in [0.1, 0.15) is 5.82 Å². The van der Waals surface area contributed by atoms with Crippen molar-refractivity contribution in [2.24, 2.45) is 0 Å². The zero-order chi connectivity index (χ0) is 20.2. The van der Waals surface area contributed by atoms with Gasteiger partial charge in [0.05, 0.1) is 15.7 Å². The average Bonchev–Trinajstić information content (AvgIpc) is 2.75. The molecule has 3 nitrogen and oxygen atoms in total. The van der Waals surface area contributed by atoms with Gasteiger partial charge in [0, 0.05) is 50.7 Å². The third-order valence-corrected chi connectivity index (χ3v) is 6.14. The fourth-order valence-electron chi connectivity index (χ4n) is 3.66. The van der Waals surface area contributed by atoms with Gasteiger partial charge >= 0.3 is 0 Å². The Morgan fingerprint density at radius 3 is 2.41 bits per heavy atom. The molecule has 0 bridgehead atoms. The number of anilines is 1. The van der Waals surface area contributed by atoms with E-state index in [1.807, 2.05) is 30.6 Å². The largest absolute Gasteiger partial charge is 0.368 e. The number of piperazine rings is 1. The molecule has 0 N–H and O–H groups in total. The van der Waals surface area contributed by atoms with Crippen molar-refractivity contribution in [2.75, 3.05) is 37.6 Å². The van der Waals surface area contributed by atoms with Crippen molar-refractivity contribution < 1.29 is 4.39 Å². The summed E-state index contributed by atoms with van der Waals surface area (Å²) < 4.78 is 13.1. The number of hydrogen-bond acceptors (Lipinski definition) is 3. The average molecular weight is 430 g/mol. The van der Waals surface area contributed by atoms with E-state index in [9.17, 15) is 4.39 Å². The Kier molecular flexibility index (Phi) is 6.34. The fraction of sp³-hybridized carbons (Fsp3) is 0.261. The van der Waals surface area contributed by atoms with Crippen LogP contribution in [0.15, 0.2) is 60.9 Å². The summed E-state index contributed by atoms with van der Waals surface area (Å²) in [6, 6.07) is 14.5. The van der Waals surface area contributed by atoms with Crippen LogP contribution in [-0.2, 0) is 6.42 Å². The summed E-state index contributed by atoms with van der Waals surface area (Å²) in [5.74, 6) is -0.226. The predicted octanol–water partition coefficient (Wildman–Crippen LogP) is 5.56. The van der Waals surface area contributed by atoms with Crippen LogP contribution in [0, 0.1) is 5.82 Å². The normalized spacial score (nSPS) is 14.9. The molecule has 1 saturated heterocycles. The molecule has 0 saturated carbocycles. The van der Waals surface area contributed by atoms with E-state index >= 15 is 0 Å². The molecule has 0 atom stereocenters. The molecule has 0 spiro atoms. The molecule has 4 rings (SSSR count). The second-order valence-electron chi connectivity index (χ2n) is 7.24. The van der Waals surface area contributed by atoms with Crippen molar-refractivity contribution in [3.8, 4) is 11.1 Å². The smallest absolute Gasteiger partial charge is 0.123 e. The standard InChI is InChI=1S/C23H22Cl2FN3/c24-21-2-1-3-22(23(21)25)29-12-10-28(11-13-29)9-8-17-14-19(16-27-15-17)18-4-6-20(26)7-5-18/h1-7,14-16H,8-13H2. The van der Waals surface area contributed by atoms with E-state index in [1.165, 1.54) is 17.7 Å². The highest BCUT2D eigenvalue weighted by atomic mass is 35.5. The molecule has 2 aromatic carbocycles. The van der Waals surface area contributed by atoms with Crippen molar-refractivity contribution in [2.45, 2.75) is 6.42 Å². The molecule has 1 aromatic heterocycles. The van der Waals surface area contributed by atoms with Crippen LogP contribution in [0.1, 0.15) is 5.56 Å². The van der Waals surface area contributed by atoms with Gasteiger partial charge < -0.3 is 4.90 Å². The highest BCUT2D eigenvalue weighted by molar-refractivity contribution is 6.43. The summed E-state index contributed by atoms with van der Waals surface area (Å²) in [5, 5.41) is 1.23. The van der Waals surface area contributed by atoms with Crippen molar-refractivity contribution in [1.29, 1.82) is 0 Å². The third-order valence-electron chi connectivity index (χ3n) is 5.33. The lowest BCUT2D eigenvalue weighted by Gasteiger charge is -2.36. The summed E-state index contributed by atoms with van der Waals surface area (Å²) in [6.45, 7) is 4.79. The number of pyridine rings is 1. The zero-order valence-corrected chi connectivity index (χ0v) is 17.5. The summed E-state index contributed by atoms with van der Waals surface area (Å²) in [6.07, 6.45) is 4.67. The minimum absolute atomic E-state index is 0.226. The molecule has 0 amide bonds. The Labute approximate surface area is 180 Å². The summed E-state index contributed by atoms with van der Waals surface area (Å²) >= 11 is 12.5. The van der Waals surface area contributed by atoms with Crippen LogP contribution >= 0.6 is 23.2 Å². The Balaban J connectivity index is 1.33. The van der Waals surface area contributed by atoms with Crippen molar-refractivity contribution in [3.63, 3.8) is 0 Å². The van der Waals surface area contributed by atoms with Gasteiger partial charge in [0.25, 0.3) is 0 Å². The zero-order valence-electron chi connectivity index (χ0n) is 16.0. The van der Waals surface area contributed by atoms with Crippen molar-refractivity contribution in [3.05, 3.63) is 82.4 Å². The summed E-state index contributed by atoms with van der Waals surface area (Å²) in [4.78, 5) is 9.12.